The molecule has 0 aliphatic heterocycles. The fraction of sp³-hybridized carbons (Fsp3) is 0.0968. The lowest BCUT2D eigenvalue weighted by Crippen LogP contribution is -2.21. The summed E-state index contributed by atoms with van der Waals surface area (Å²) in [4.78, 5) is 2.45. The number of aromatic nitrogens is 1. The zero-order valence-electron chi connectivity index (χ0n) is 36.9. The Hall–Kier alpha value is -7.68. The van der Waals surface area contributed by atoms with Crippen LogP contribution in [0.5, 0.6) is 0 Å². The lowest BCUT2D eigenvalue weighted by molar-refractivity contribution is 1.04. The van der Waals surface area contributed by atoms with Crippen LogP contribution in [0.1, 0.15) is 72.2 Å². The van der Waals surface area contributed by atoms with Gasteiger partial charge in [0, 0.05) is 40.1 Å². The minimum Gasteiger partial charge on any atom is -0.314 e. The van der Waals surface area contributed by atoms with Crippen molar-refractivity contribution in [2.24, 2.45) is 0 Å². The summed E-state index contributed by atoms with van der Waals surface area (Å²) in [5.74, 6) is 0. The van der Waals surface area contributed by atoms with E-state index in [9.17, 15) is 0 Å². The molecule has 1 aromatic heterocycles. The normalized spacial score (nSPS) is 15.0. The third kappa shape index (κ3) is 8.69. The van der Waals surface area contributed by atoms with Gasteiger partial charge in [-0.2, -0.15) is 0 Å². The molecule has 312 valence electrons. The van der Waals surface area contributed by atoms with E-state index in [4.69, 9.17) is 6.58 Å². The van der Waals surface area contributed by atoms with E-state index >= 15 is 0 Å². The molecule has 3 aliphatic rings. The second kappa shape index (κ2) is 19.6. The number of fused-ring (bicyclic) bond motifs is 6. The van der Waals surface area contributed by atoms with Crippen molar-refractivity contribution >= 4 is 62.8 Å². The first-order chi connectivity index (χ1) is 31.6. The van der Waals surface area contributed by atoms with Crippen molar-refractivity contribution in [2.75, 3.05) is 4.90 Å². The highest BCUT2D eigenvalue weighted by molar-refractivity contribution is 6.04. The number of anilines is 1. The number of nitrogens with zero attached hydrogens (tertiary/aromatic N) is 2. The first kappa shape index (κ1) is 41.7. The molecule has 2 nitrogen and oxygen atoms in total. The van der Waals surface area contributed by atoms with Crippen LogP contribution >= 0.6 is 0 Å². The van der Waals surface area contributed by atoms with Crippen LogP contribution in [0, 0.1) is 0 Å². The summed E-state index contributed by atoms with van der Waals surface area (Å²) in [6, 6.07) is 37.5. The predicted octanol–water partition coefficient (Wildman–Crippen LogP) is 16.8. The molecule has 0 unspecified atom stereocenters. The molecule has 0 bridgehead atoms. The molecule has 2 heteroatoms. The van der Waals surface area contributed by atoms with E-state index in [-0.39, 0.29) is 0 Å². The summed E-state index contributed by atoms with van der Waals surface area (Å²) in [5.41, 5.74) is 16.3. The van der Waals surface area contributed by atoms with E-state index in [0.29, 0.717) is 0 Å². The maximum atomic E-state index is 4.86. The first-order valence-electron chi connectivity index (χ1n) is 22.6. The van der Waals surface area contributed by atoms with Crippen molar-refractivity contribution in [3.8, 4) is 5.69 Å². The van der Waals surface area contributed by atoms with Gasteiger partial charge in [-0.15, -0.1) is 0 Å². The third-order valence-corrected chi connectivity index (χ3v) is 12.1. The van der Waals surface area contributed by atoms with Crippen LogP contribution < -0.4 is 4.90 Å². The minimum atomic E-state index is 0.742. The molecule has 0 amide bonds. The Morgan fingerprint density at radius 3 is 2.50 bits per heavy atom. The molecular formula is C62H54N2. The van der Waals surface area contributed by atoms with Crippen LogP contribution in [-0.2, 0) is 6.42 Å². The summed E-state index contributed by atoms with van der Waals surface area (Å²) >= 11 is 0. The molecule has 1 heterocycles. The van der Waals surface area contributed by atoms with Crippen molar-refractivity contribution < 1.29 is 0 Å². The summed E-state index contributed by atoms with van der Waals surface area (Å²) in [6.45, 7) is 9.10. The second-order valence-corrected chi connectivity index (χ2v) is 16.2. The lowest BCUT2D eigenvalue weighted by Gasteiger charge is -2.29. The highest BCUT2D eigenvalue weighted by Gasteiger charge is 2.22. The number of hydrogen-bond acceptors (Lipinski definition) is 1. The zero-order valence-corrected chi connectivity index (χ0v) is 36.9. The number of rotatable bonds is 12. The minimum absolute atomic E-state index is 0.742. The molecule has 9 rings (SSSR count). The van der Waals surface area contributed by atoms with Crippen molar-refractivity contribution in [2.45, 2.75) is 39.5 Å². The Balaban J connectivity index is 1.21. The molecule has 0 fully saturated rings. The predicted molar refractivity (Wildman–Crippen MR) is 280 cm³/mol. The van der Waals surface area contributed by atoms with Gasteiger partial charge in [-0.25, -0.2) is 0 Å². The Bertz CT molecular complexity index is 3120. The highest BCUT2D eigenvalue weighted by Crippen LogP contribution is 2.40. The molecular weight excluding hydrogens is 773 g/mol. The molecule has 3 aliphatic carbocycles. The Kier molecular flexibility index (Phi) is 12.7. The van der Waals surface area contributed by atoms with Crippen LogP contribution in [0.4, 0.5) is 5.69 Å². The highest BCUT2D eigenvalue weighted by atomic mass is 15.2. The average molecular weight is 827 g/mol. The maximum Gasteiger partial charge on any atom is 0.0547 e. The molecule has 0 radical (unpaired) electrons. The molecule has 0 atom stereocenters. The van der Waals surface area contributed by atoms with E-state index in [2.05, 4.69) is 235 Å². The molecule has 5 aromatic carbocycles. The smallest absolute Gasteiger partial charge is 0.0547 e. The summed E-state index contributed by atoms with van der Waals surface area (Å²) < 4.78 is 2.39. The number of allylic oxidation sites excluding steroid dienone is 19. The molecule has 0 spiro atoms. The van der Waals surface area contributed by atoms with E-state index in [0.717, 1.165) is 53.9 Å². The summed E-state index contributed by atoms with van der Waals surface area (Å²) in [7, 11) is 0. The monoisotopic (exact) mass is 826 g/mol. The van der Waals surface area contributed by atoms with Gasteiger partial charge in [0.2, 0.25) is 0 Å². The first-order valence-corrected chi connectivity index (χ1v) is 22.6. The topological polar surface area (TPSA) is 8.17 Å². The van der Waals surface area contributed by atoms with Crippen molar-refractivity contribution in [3.63, 3.8) is 0 Å². The van der Waals surface area contributed by atoms with Crippen molar-refractivity contribution in [3.05, 3.63) is 263 Å². The molecule has 0 saturated carbocycles. The van der Waals surface area contributed by atoms with E-state index in [1.54, 1.807) is 0 Å². The van der Waals surface area contributed by atoms with Crippen LogP contribution in [-0.4, -0.2) is 4.57 Å². The number of hydrogen-bond donors (Lipinski definition) is 0. The molecule has 0 saturated heterocycles. The van der Waals surface area contributed by atoms with Crippen LogP contribution in [0.3, 0.4) is 0 Å². The van der Waals surface area contributed by atoms with Gasteiger partial charge in [0.05, 0.1) is 11.2 Å². The molecule has 6 aromatic rings. The van der Waals surface area contributed by atoms with E-state index in [1.165, 1.54) is 66.5 Å². The zero-order chi connectivity index (χ0) is 43.7. The lowest BCUT2D eigenvalue weighted by atomic mass is 9.96. The van der Waals surface area contributed by atoms with Crippen molar-refractivity contribution in [1.82, 2.24) is 4.57 Å². The average Bonchev–Trinajstić information content (AvgIpc) is 3.67. The molecule has 64 heavy (non-hydrogen) atoms. The van der Waals surface area contributed by atoms with Crippen LogP contribution in [0.25, 0.3) is 62.8 Å². The van der Waals surface area contributed by atoms with Gasteiger partial charge in [-0.3, -0.25) is 0 Å². The van der Waals surface area contributed by atoms with Gasteiger partial charge in [-0.05, 0) is 131 Å². The van der Waals surface area contributed by atoms with Gasteiger partial charge in [0.15, 0.2) is 0 Å². The van der Waals surface area contributed by atoms with Crippen LogP contribution in [0.2, 0.25) is 0 Å². The SMILES string of the molecule is C=C(/C=C(\C=C/CC)N(C1=CC=C(c2ccccc2/C=C/C=C\C=C/C)C=CC1)c1ccc2c3c(ccc2c1)C=CC=CC3)c1cccc2c1c1c(n2-c2ccccc2)C=CCC=C1. The summed E-state index contributed by atoms with van der Waals surface area (Å²) in [6.07, 6.45) is 49.8. The van der Waals surface area contributed by atoms with Gasteiger partial charge in [0.25, 0.3) is 0 Å². The fourth-order valence-corrected chi connectivity index (χ4v) is 9.06. The third-order valence-electron chi connectivity index (χ3n) is 12.1. The quantitative estimate of drug-likeness (QED) is 0.112. The fourth-order valence-electron chi connectivity index (χ4n) is 9.06. The van der Waals surface area contributed by atoms with Gasteiger partial charge >= 0.3 is 0 Å². The van der Waals surface area contributed by atoms with Gasteiger partial charge < -0.3 is 9.47 Å². The standard InChI is InChI=1S/C62H54N2/c1-4-6-8-9-13-24-47-26-20-21-32-56(47)48-27-22-31-52(41-40-48)63(54-42-43-58-50(45-54)39-38-49-25-14-10-17-33-57(49)58)53(28-7-5-2)44-46(3)55-35-23-37-61-62(55)59-34-18-12-19-36-60(59)64(61)51-29-15-11-16-30-51/h4,6-11,13-30,32,34-45H,3,5,12,31,33H2,1-2H3/b6-4-,9-8-,24-13+,28-7-,53-44+. The Morgan fingerprint density at radius 1 is 0.750 bits per heavy atom. The van der Waals surface area contributed by atoms with E-state index < -0.39 is 0 Å². The Labute approximate surface area is 379 Å². The second-order valence-electron chi connectivity index (χ2n) is 16.2. The largest absolute Gasteiger partial charge is 0.314 e. The Morgan fingerprint density at radius 2 is 1.61 bits per heavy atom. The number of para-hydroxylation sites is 1. The van der Waals surface area contributed by atoms with Crippen LogP contribution in [0.15, 0.2) is 224 Å². The van der Waals surface area contributed by atoms with E-state index in [1.807, 2.05) is 19.1 Å². The number of benzene rings is 5. The molecule has 0 N–H and O–H groups in total. The summed E-state index contributed by atoms with van der Waals surface area (Å²) in [5, 5.41) is 3.72. The van der Waals surface area contributed by atoms with Gasteiger partial charge in [-0.1, -0.05) is 190 Å². The van der Waals surface area contributed by atoms with Crippen molar-refractivity contribution in [1.29, 1.82) is 0 Å². The maximum absolute atomic E-state index is 4.86. The van der Waals surface area contributed by atoms with Gasteiger partial charge in [0.1, 0.15) is 0 Å².